The van der Waals surface area contributed by atoms with Crippen molar-refractivity contribution in [2.45, 2.75) is 72.4 Å². The lowest BCUT2D eigenvalue weighted by atomic mass is 10.1. The molecule has 2 unspecified atom stereocenters. The molecule has 0 aliphatic heterocycles. The number of thiophene rings is 2. The maximum absolute atomic E-state index is 12.6. The van der Waals surface area contributed by atoms with Crippen molar-refractivity contribution in [3.63, 3.8) is 0 Å². The van der Waals surface area contributed by atoms with Gasteiger partial charge >= 0.3 is 24.1 Å². The van der Waals surface area contributed by atoms with Gasteiger partial charge in [0.05, 0.1) is 42.4 Å². The smallest absolute Gasteiger partial charge is 0.412 e. The molecule has 0 radical (unpaired) electrons. The second-order valence-electron chi connectivity index (χ2n) is 16.9. The standard InChI is InChI=1S/C26H26ClN3O5S.C25H24ClN3O5S/c1-15(17-8-6-7-9-18(17)27)34-21-13-22(36-23(21)24(31)33-5)30-14-28-19-11-10-16(12-20(19)30)29-25(32)35-26(2,3)4;1-14(2)33-25(31)28-16-9-10-20-19(11-16)27-13-29(20)22-12-21(23(35-22)24(30)32-4)34-15(3)17-7-5-6-8-18(17)26/h6-15H,1-5H3,(H,29,32);5-15H,1-4H3,(H,28,31). The molecular weight excluding hydrogens is 992 g/mol. The number of nitrogens with zero attached hydrogens (tertiary/aromatic N) is 4. The number of anilines is 2. The summed E-state index contributed by atoms with van der Waals surface area (Å²) in [5, 5.41) is 8.00. The summed E-state index contributed by atoms with van der Waals surface area (Å²) < 4.78 is 36.4. The van der Waals surface area contributed by atoms with Gasteiger partial charge in [-0.05, 0) is 97.0 Å². The van der Waals surface area contributed by atoms with Crippen molar-refractivity contribution in [3.05, 3.63) is 141 Å². The van der Waals surface area contributed by atoms with Gasteiger partial charge in [0.2, 0.25) is 0 Å². The normalized spacial score (nSPS) is 12.1. The molecule has 16 nitrogen and oxygen atoms in total. The molecule has 0 saturated heterocycles. The van der Waals surface area contributed by atoms with Gasteiger partial charge in [0.1, 0.15) is 52.0 Å². The fourth-order valence-corrected chi connectivity index (χ4v) is 9.60. The minimum atomic E-state index is -0.616. The van der Waals surface area contributed by atoms with Gasteiger partial charge in [-0.15, -0.1) is 22.7 Å². The minimum absolute atomic E-state index is 0.224. The Morgan fingerprint density at radius 3 is 1.59 bits per heavy atom. The Balaban J connectivity index is 0.000000209. The fourth-order valence-electron chi connectivity index (χ4n) is 7.03. The van der Waals surface area contributed by atoms with E-state index < -0.39 is 41.9 Å². The van der Waals surface area contributed by atoms with Gasteiger partial charge in [-0.25, -0.2) is 29.1 Å². The van der Waals surface area contributed by atoms with Crippen LogP contribution in [-0.4, -0.2) is 69.2 Å². The fraction of sp³-hybridized carbons (Fsp3) is 0.255. The number of ether oxygens (including phenoxy) is 6. The molecule has 0 spiro atoms. The molecule has 8 aromatic rings. The van der Waals surface area contributed by atoms with E-state index in [0.29, 0.717) is 63.7 Å². The predicted octanol–water partition coefficient (Wildman–Crippen LogP) is 13.6. The summed E-state index contributed by atoms with van der Waals surface area (Å²) in [7, 11) is 2.65. The minimum Gasteiger partial charge on any atom is -0.484 e. The summed E-state index contributed by atoms with van der Waals surface area (Å²) >= 11 is 15.1. The van der Waals surface area contributed by atoms with Crippen LogP contribution in [0.2, 0.25) is 10.0 Å². The third kappa shape index (κ3) is 12.6. The molecule has 0 fully saturated rings. The maximum atomic E-state index is 12.6. The number of hydrogen-bond acceptors (Lipinski definition) is 14. The number of fused-ring (bicyclic) bond motifs is 2. The van der Waals surface area contributed by atoms with Crippen LogP contribution in [0, 0.1) is 0 Å². The lowest BCUT2D eigenvalue weighted by molar-refractivity contribution is 0.0590. The number of esters is 2. The Morgan fingerprint density at radius 2 is 1.08 bits per heavy atom. The van der Waals surface area contributed by atoms with Crippen LogP contribution < -0.4 is 20.1 Å². The predicted molar refractivity (Wildman–Crippen MR) is 277 cm³/mol. The Morgan fingerprint density at radius 1 is 0.606 bits per heavy atom. The van der Waals surface area contributed by atoms with Gasteiger partial charge in [0.15, 0.2) is 9.75 Å². The van der Waals surface area contributed by atoms with E-state index in [1.807, 2.05) is 65.4 Å². The van der Waals surface area contributed by atoms with Crippen molar-refractivity contribution in [2.75, 3.05) is 24.9 Å². The number of benzene rings is 4. The average Bonchev–Trinajstić information content (AvgIpc) is 4.13. The molecular formula is C51H50Cl2N6O10S2. The van der Waals surface area contributed by atoms with Crippen LogP contribution >= 0.6 is 45.9 Å². The van der Waals surface area contributed by atoms with Crippen LogP contribution in [0.4, 0.5) is 21.0 Å². The van der Waals surface area contributed by atoms with E-state index >= 15 is 0 Å². The molecule has 0 saturated carbocycles. The second-order valence-corrected chi connectivity index (χ2v) is 19.8. The third-order valence-electron chi connectivity index (χ3n) is 10.2. The van der Waals surface area contributed by atoms with Crippen LogP contribution in [0.1, 0.15) is 91.1 Å². The zero-order chi connectivity index (χ0) is 51.1. The lowest BCUT2D eigenvalue weighted by Gasteiger charge is -2.19. The number of carbonyl (C=O) groups excluding carboxylic acids is 4. The molecule has 71 heavy (non-hydrogen) atoms. The van der Waals surface area contributed by atoms with E-state index in [2.05, 4.69) is 20.6 Å². The quantitative estimate of drug-likeness (QED) is 0.0824. The van der Waals surface area contributed by atoms with E-state index in [0.717, 1.165) is 22.2 Å². The molecule has 20 heteroatoms. The van der Waals surface area contributed by atoms with Crippen LogP contribution in [0.5, 0.6) is 11.5 Å². The maximum Gasteiger partial charge on any atom is 0.412 e. The first kappa shape index (κ1) is 51.7. The largest absolute Gasteiger partial charge is 0.484 e. The zero-order valence-electron chi connectivity index (χ0n) is 40.1. The Labute approximate surface area is 427 Å². The number of rotatable bonds is 13. The molecule has 0 aliphatic rings. The van der Waals surface area contributed by atoms with Gasteiger partial charge in [-0.3, -0.25) is 19.8 Å². The van der Waals surface area contributed by atoms with Gasteiger partial charge in [0.25, 0.3) is 0 Å². The molecule has 0 aliphatic carbocycles. The van der Waals surface area contributed by atoms with E-state index in [1.165, 1.54) is 36.9 Å². The number of methoxy groups -OCH3 is 2. The molecule has 4 aromatic heterocycles. The highest BCUT2D eigenvalue weighted by Crippen LogP contribution is 2.40. The summed E-state index contributed by atoms with van der Waals surface area (Å²) in [6, 6.07) is 29.0. The number of halogens is 2. The first-order valence-electron chi connectivity index (χ1n) is 22.0. The highest BCUT2D eigenvalue weighted by atomic mass is 35.5. The highest BCUT2D eigenvalue weighted by molar-refractivity contribution is 7.17. The monoisotopic (exact) mass is 1040 g/mol. The lowest BCUT2D eigenvalue weighted by Crippen LogP contribution is -2.27. The SMILES string of the molecule is COC(=O)c1sc(-n2cnc3cc(NC(=O)OC(C)C)ccc32)cc1OC(C)c1ccccc1Cl.COC(=O)c1sc(-n2cnc3ccc(NC(=O)OC(C)(C)C)cc32)cc1OC(C)c1ccccc1Cl. The summed E-state index contributed by atoms with van der Waals surface area (Å²) in [6.45, 7) is 12.7. The summed E-state index contributed by atoms with van der Waals surface area (Å²) in [5.74, 6) is -0.244. The van der Waals surface area contributed by atoms with Crippen molar-refractivity contribution in [2.24, 2.45) is 0 Å². The van der Waals surface area contributed by atoms with E-state index in [-0.39, 0.29) is 6.10 Å². The van der Waals surface area contributed by atoms with Crippen LogP contribution in [0.15, 0.2) is 110 Å². The van der Waals surface area contributed by atoms with Crippen molar-refractivity contribution in [1.29, 1.82) is 0 Å². The molecule has 2 atom stereocenters. The molecule has 370 valence electrons. The Bertz CT molecular complexity index is 3230. The van der Waals surface area contributed by atoms with Crippen molar-refractivity contribution in [3.8, 4) is 21.5 Å². The number of amides is 2. The summed E-state index contributed by atoms with van der Waals surface area (Å²) in [5.41, 5.74) is 4.99. The number of aromatic nitrogens is 4. The highest BCUT2D eigenvalue weighted by Gasteiger charge is 2.25. The Hall–Kier alpha value is -7.12. The first-order valence-corrected chi connectivity index (χ1v) is 24.4. The topological polar surface area (TPSA) is 183 Å². The average molecular weight is 1040 g/mol. The van der Waals surface area contributed by atoms with Crippen LogP contribution in [0.3, 0.4) is 0 Å². The van der Waals surface area contributed by atoms with Crippen molar-refractivity contribution in [1.82, 2.24) is 19.1 Å². The van der Waals surface area contributed by atoms with Crippen LogP contribution in [0.25, 0.3) is 32.1 Å². The molecule has 0 bridgehead atoms. The number of hydrogen-bond donors (Lipinski definition) is 2. The Kier molecular flexibility index (Phi) is 16.3. The molecule has 4 heterocycles. The molecule has 2 amide bonds. The second kappa shape index (κ2) is 22.3. The van der Waals surface area contributed by atoms with Gasteiger partial charge in [-0.2, -0.15) is 0 Å². The van der Waals surface area contributed by atoms with E-state index in [9.17, 15) is 19.2 Å². The van der Waals surface area contributed by atoms with Gasteiger partial charge < -0.3 is 28.4 Å². The van der Waals surface area contributed by atoms with E-state index in [4.69, 9.17) is 51.6 Å². The number of nitrogens with one attached hydrogen (secondary N) is 2. The van der Waals surface area contributed by atoms with Crippen LogP contribution in [-0.2, 0) is 18.9 Å². The van der Waals surface area contributed by atoms with Crippen molar-refractivity contribution < 1.29 is 47.6 Å². The summed E-state index contributed by atoms with van der Waals surface area (Å²) in [6.07, 6.45) is 1.18. The number of imidazole rings is 2. The molecule has 2 N–H and O–H groups in total. The number of carbonyl (C=O) groups is 4. The molecule has 8 rings (SSSR count). The zero-order valence-corrected chi connectivity index (χ0v) is 43.2. The third-order valence-corrected chi connectivity index (χ3v) is 13.1. The van der Waals surface area contributed by atoms with Gasteiger partial charge in [-0.1, -0.05) is 59.6 Å². The molecule has 4 aromatic carbocycles. The van der Waals surface area contributed by atoms with Gasteiger partial charge in [0, 0.05) is 44.7 Å². The first-order chi connectivity index (χ1) is 33.8. The van der Waals surface area contributed by atoms with Crippen molar-refractivity contribution >= 4 is 103 Å². The summed E-state index contributed by atoms with van der Waals surface area (Å²) in [4.78, 5) is 58.7. The van der Waals surface area contributed by atoms with E-state index in [1.54, 1.807) is 102 Å².